The smallest absolute Gasteiger partial charge is 0.308 e. The zero-order valence-corrected chi connectivity index (χ0v) is 11.6. The van der Waals surface area contributed by atoms with Gasteiger partial charge in [0, 0.05) is 24.5 Å². The minimum Gasteiger partial charge on any atom is -0.481 e. The van der Waals surface area contributed by atoms with Crippen molar-refractivity contribution in [3.8, 4) is 0 Å². The van der Waals surface area contributed by atoms with Gasteiger partial charge in [0.05, 0.1) is 5.92 Å². The van der Waals surface area contributed by atoms with Gasteiger partial charge in [-0.1, -0.05) is 12.1 Å². The summed E-state index contributed by atoms with van der Waals surface area (Å²) in [6, 6.07) is 6.29. The third kappa shape index (κ3) is 2.95. The van der Waals surface area contributed by atoms with Gasteiger partial charge in [-0.2, -0.15) is 0 Å². The van der Waals surface area contributed by atoms with Crippen molar-refractivity contribution in [1.29, 1.82) is 0 Å². The molecule has 0 bridgehead atoms. The van der Waals surface area contributed by atoms with E-state index in [2.05, 4.69) is 25.7 Å². The summed E-state index contributed by atoms with van der Waals surface area (Å²) in [7, 11) is 0. The maximum atomic E-state index is 13.3. The monoisotopic (exact) mass is 265 g/mol. The second-order valence-electron chi connectivity index (χ2n) is 6.18. The maximum absolute atomic E-state index is 13.3. The van der Waals surface area contributed by atoms with Crippen LogP contribution in [0.2, 0.25) is 0 Å². The SMILES string of the molecule is CC(C)(C)N1C[C@H](C(=O)O)[C@@H](c2cccc(F)c2)C1. The predicted octanol–water partition coefficient (Wildman–Crippen LogP) is 2.72. The summed E-state index contributed by atoms with van der Waals surface area (Å²) in [6.45, 7) is 7.38. The molecule has 2 atom stereocenters. The highest BCUT2D eigenvalue weighted by Crippen LogP contribution is 2.36. The molecule has 0 aliphatic carbocycles. The number of carboxylic acids is 1. The molecule has 1 aromatic carbocycles. The molecule has 0 amide bonds. The molecule has 0 aromatic heterocycles. The Morgan fingerprint density at radius 3 is 2.58 bits per heavy atom. The Morgan fingerprint density at radius 1 is 1.37 bits per heavy atom. The second kappa shape index (κ2) is 4.93. The highest BCUT2D eigenvalue weighted by molar-refractivity contribution is 5.72. The summed E-state index contributed by atoms with van der Waals surface area (Å²) in [4.78, 5) is 13.6. The summed E-state index contributed by atoms with van der Waals surface area (Å²) in [5.74, 6) is -1.73. The zero-order valence-electron chi connectivity index (χ0n) is 11.6. The number of likely N-dealkylation sites (tertiary alicyclic amines) is 1. The second-order valence-corrected chi connectivity index (χ2v) is 6.18. The van der Waals surface area contributed by atoms with Gasteiger partial charge in [0.25, 0.3) is 0 Å². The molecule has 0 saturated carbocycles. The predicted molar refractivity (Wildman–Crippen MR) is 71.6 cm³/mol. The molecule has 1 N–H and O–H groups in total. The first-order valence-electron chi connectivity index (χ1n) is 6.52. The van der Waals surface area contributed by atoms with E-state index in [1.165, 1.54) is 12.1 Å². The molecule has 1 heterocycles. The lowest BCUT2D eigenvalue weighted by molar-refractivity contribution is -0.141. The molecule has 1 aromatic rings. The van der Waals surface area contributed by atoms with E-state index >= 15 is 0 Å². The molecule has 1 aliphatic heterocycles. The number of carboxylic acid groups (broad SMARTS) is 1. The summed E-state index contributed by atoms with van der Waals surface area (Å²) >= 11 is 0. The topological polar surface area (TPSA) is 40.5 Å². The molecular weight excluding hydrogens is 245 g/mol. The standard InChI is InChI=1S/C15H20FNO2/c1-15(2,3)17-8-12(13(9-17)14(18)19)10-5-4-6-11(16)7-10/h4-7,12-13H,8-9H2,1-3H3,(H,18,19)/t12-,13+/m1/s1. The fraction of sp³-hybridized carbons (Fsp3) is 0.533. The fourth-order valence-electron chi connectivity index (χ4n) is 2.68. The number of benzene rings is 1. The van der Waals surface area contributed by atoms with Crippen LogP contribution in [-0.4, -0.2) is 34.6 Å². The van der Waals surface area contributed by atoms with Gasteiger partial charge in [0.1, 0.15) is 5.82 Å². The van der Waals surface area contributed by atoms with Crippen LogP contribution in [0, 0.1) is 11.7 Å². The first-order valence-corrected chi connectivity index (χ1v) is 6.52. The van der Waals surface area contributed by atoms with Gasteiger partial charge in [-0.05, 0) is 38.5 Å². The van der Waals surface area contributed by atoms with Gasteiger partial charge in [-0.25, -0.2) is 4.39 Å². The van der Waals surface area contributed by atoms with Crippen molar-refractivity contribution in [3.05, 3.63) is 35.6 Å². The number of halogens is 1. The van der Waals surface area contributed by atoms with Crippen LogP contribution in [0.4, 0.5) is 4.39 Å². The maximum Gasteiger partial charge on any atom is 0.308 e. The van der Waals surface area contributed by atoms with Crippen LogP contribution in [0.5, 0.6) is 0 Å². The van der Waals surface area contributed by atoms with Crippen molar-refractivity contribution in [2.45, 2.75) is 32.2 Å². The average Bonchev–Trinajstić information content (AvgIpc) is 2.73. The molecule has 4 heteroatoms. The van der Waals surface area contributed by atoms with E-state index in [0.717, 1.165) is 5.56 Å². The normalized spacial score (nSPS) is 24.6. The molecule has 1 aliphatic rings. The lowest BCUT2D eigenvalue weighted by Crippen LogP contribution is -2.40. The minimum atomic E-state index is -0.805. The first kappa shape index (κ1) is 14.0. The molecular formula is C15H20FNO2. The highest BCUT2D eigenvalue weighted by Gasteiger charge is 2.42. The van der Waals surface area contributed by atoms with E-state index in [1.807, 2.05) is 6.07 Å². The van der Waals surface area contributed by atoms with Crippen LogP contribution in [-0.2, 0) is 4.79 Å². The van der Waals surface area contributed by atoms with E-state index in [0.29, 0.717) is 13.1 Å². The van der Waals surface area contributed by atoms with E-state index in [1.54, 1.807) is 6.07 Å². The Labute approximate surface area is 113 Å². The number of hydrogen-bond donors (Lipinski definition) is 1. The molecule has 0 unspecified atom stereocenters. The third-order valence-electron chi connectivity index (χ3n) is 3.86. The van der Waals surface area contributed by atoms with E-state index in [9.17, 15) is 14.3 Å². The van der Waals surface area contributed by atoms with Gasteiger partial charge in [0.2, 0.25) is 0 Å². The van der Waals surface area contributed by atoms with Crippen molar-refractivity contribution in [2.24, 2.45) is 5.92 Å². The zero-order chi connectivity index (χ0) is 14.2. The Balaban J connectivity index is 2.30. The molecule has 0 spiro atoms. The van der Waals surface area contributed by atoms with Crippen LogP contribution < -0.4 is 0 Å². The van der Waals surface area contributed by atoms with Gasteiger partial charge < -0.3 is 5.11 Å². The number of carbonyl (C=O) groups is 1. The van der Waals surface area contributed by atoms with Crippen LogP contribution in [0.3, 0.4) is 0 Å². The van der Waals surface area contributed by atoms with E-state index < -0.39 is 11.9 Å². The number of hydrogen-bond acceptors (Lipinski definition) is 2. The van der Waals surface area contributed by atoms with Crippen molar-refractivity contribution in [1.82, 2.24) is 4.90 Å². The molecule has 104 valence electrons. The minimum absolute atomic E-state index is 0.0736. The van der Waals surface area contributed by atoms with Crippen LogP contribution >= 0.6 is 0 Å². The quantitative estimate of drug-likeness (QED) is 0.894. The summed E-state index contributed by atoms with van der Waals surface area (Å²) in [5.41, 5.74) is 0.703. The average molecular weight is 265 g/mol. The van der Waals surface area contributed by atoms with Crippen LogP contribution in [0.15, 0.2) is 24.3 Å². The van der Waals surface area contributed by atoms with Gasteiger partial charge >= 0.3 is 5.97 Å². The molecule has 19 heavy (non-hydrogen) atoms. The first-order chi connectivity index (χ1) is 8.79. The Kier molecular flexibility index (Phi) is 3.63. The fourth-order valence-corrected chi connectivity index (χ4v) is 2.68. The summed E-state index contributed by atoms with van der Waals surface area (Å²) in [6.07, 6.45) is 0. The van der Waals surface area contributed by atoms with Crippen molar-refractivity contribution < 1.29 is 14.3 Å². The highest BCUT2D eigenvalue weighted by atomic mass is 19.1. The number of aliphatic carboxylic acids is 1. The Bertz CT molecular complexity index is 481. The van der Waals surface area contributed by atoms with Gasteiger partial charge in [0.15, 0.2) is 0 Å². The van der Waals surface area contributed by atoms with E-state index in [4.69, 9.17) is 0 Å². The van der Waals surface area contributed by atoms with Crippen LogP contribution in [0.25, 0.3) is 0 Å². The van der Waals surface area contributed by atoms with Crippen molar-refractivity contribution >= 4 is 5.97 Å². The Hall–Kier alpha value is -1.42. The molecule has 1 saturated heterocycles. The third-order valence-corrected chi connectivity index (χ3v) is 3.86. The largest absolute Gasteiger partial charge is 0.481 e. The van der Waals surface area contributed by atoms with E-state index in [-0.39, 0.29) is 17.3 Å². The summed E-state index contributed by atoms with van der Waals surface area (Å²) in [5, 5.41) is 9.38. The molecule has 3 nitrogen and oxygen atoms in total. The van der Waals surface area contributed by atoms with Gasteiger partial charge in [-0.3, -0.25) is 9.69 Å². The van der Waals surface area contributed by atoms with Crippen molar-refractivity contribution in [2.75, 3.05) is 13.1 Å². The number of rotatable bonds is 2. The lowest BCUT2D eigenvalue weighted by Gasteiger charge is -2.31. The summed E-state index contributed by atoms with van der Waals surface area (Å²) < 4.78 is 13.3. The Morgan fingerprint density at radius 2 is 2.05 bits per heavy atom. The number of nitrogens with zero attached hydrogens (tertiary/aromatic N) is 1. The molecule has 1 fully saturated rings. The lowest BCUT2D eigenvalue weighted by atomic mass is 9.89. The molecule has 2 rings (SSSR count). The van der Waals surface area contributed by atoms with Gasteiger partial charge in [-0.15, -0.1) is 0 Å². The molecule has 0 radical (unpaired) electrons. The van der Waals surface area contributed by atoms with Crippen LogP contribution in [0.1, 0.15) is 32.3 Å². The van der Waals surface area contributed by atoms with Crippen molar-refractivity contribution in [3.63, 3.8) is 0 Å².